The number of aryl methyl sites for hydroxylation is 1. The summed E-state index contributed by atoms with van der Waals surface area (Å²) in [6.07, 6.45) is 3.63. The van der Waals surface area contributed by atoms with Gasteiger partial charge in [0.15, 0.2) is 9.84 Å². The summed E-state index contributed by atoms with van der Waals surface area (Å²) in [7, 11) is -3.30. The maximum Gasteiger partial charge on any atom is 0.245 e. The van der Waals surface area contributed by atoms with Crippen molar-refractivity contribution in [2.24, 2.45) is 0 Å². The number of nitrogen functional groups attached to an aromatic ring is 1. The molecule has 1 atom stereocenters. The average molecular weight is 308 g/mol. The predicted octanol–water partition coefficient (Wildman–Crippen LogP) is 1.52. The first kappa shape index (κ1) is 14.4. The van der Waals surface area contributed by atoms with Gasteiger partial charge in [0, 0.05) is 17.9 Å². The molecule has 2 aliphatic rings. The van der Waals surface area contributed by atoms with Crippen LogP contribution in [0.1, 0.15) is 31.2 Å². The zero-order valence-corrected chi connectivity index (χ0v) is 12.7. The molecule has 0 bridgehead atoms. The Hall–Kier alpha value is -1.56. The number of benzene rings is 1. The topological polar surface area (TPSA) is 80.5 Å². The van der Waals surface area contributed by atoms with E-state index in [0.717, 1.165) is 30.5 Å². The van der Waals surface area contributed by atoms with Gasteiger partial charge in [0.1, 0.15) is 5.25 Å². The molecule has 0 spiro atoms. The lowest BCUT2D eigenvalue weighted by Crippen LogP contribution is -2.47. The number of hydrogen-bond acceptors (Lipinski definition) is 4. The highest BCUT2D eigenvalue weighted by molar-refractivity contribution is 7.92. The minimum atomic E-state index is -3.30. The van der Waals surface area contributed by atoms with Crippen molar-refractivity contribution in [2.45, 2.75) is 37.4 Å². The number of nitrogens with two attached hydrogens (primary N) is 1. The van der Waals surface area contributed by atoms with Crippen LogP contribution >= 0.6 is 0 Å². The van der Waals surface area contributed by atoms with Gasteiger partial charge in [0.25, 0.3) is 0 Å². The molecule has 114 valence electrons. The number of carbonyl (C=O) groups excluding carboxylic acids is 1. The molecule has 1 unspecified atom stereocenters. The molecular weight excluding hydrogens is 288 g/mol. The first-order chi connectivity index (χ1) is 9.99. The third kappa shape index (κ3) is 2.64. The Morgan fingerprint density at radius 2 is 2.05 bits per heavy atom. The minimum Gasteiger partial charge on any atom is -0.399 e. The van der Waals surface area contributed by atoms with E-state index in [1.54, 1.807) is 11.0 Å². The average Bonchev–Trinajstić information content (AvgIpc) is 2.45. The van der Waals surface area contributed by atoms with Crippen molar-refractivity contribution >= 4 is 27.1 Å². The summed E-state index contributed by atoms with van der Waals surface area (Å²) in [5.74, 6) is -0.133. The van der Waals surface area contributed by atoms with E-state index in [1.807, 2.05) is 12.1 Å². The smallest absolute Gasteiger partial charge is 0.245 e. The largest absolute Gasteiger partial charge is 0.399 e. The Morgan fingerprint density at radius 3 is 2.81 bits per heavy atom. The second-order valence-electron chi connectivity index (χ2n) is 5.83. The Kier molecular flexibility index (Phi) is 3.65. The molecular formula is C15H20N2O3S. The van der Waals surface area contributed by atoms with Crippen molar-refractivity contribution in [3.63, 3.8) is 0 Å². The van der Waals surface area contributed by atoms with Crippen LogP contribution in [0, 0.1) is 0 Å². The van der Waals surface area contributed by atoms with Gasteiger partial charge in [-0.25, -0.2) is 8.42 Å². The van der Waals surface area contributed by atoms with Gasteiger partial charge >= 0.3 is 0 Å². The van der Waals surface area contributed by atoms with Crippen molar-refractivity contribution < 1.29 is 13.2 Å². The molecule has 2 aliphatic heterocycles. The predicted molar refractivity (Wildman–Crippen MR) is 83.0 cm³/mol. The van der Waals surface area contributed by atoms with E-state index in [9.17, 15) is 13.2 Å². The van der Waals surface area contributed by atoms with Crippen LogP contribution in [-0.2, 0) is 21.1 Å². The van der Waals surface area contributed by atoms with Gasteiger partial charge in [-0.2, -0.15) is 0 Å². The number of anilines is 2. The summed E-state index contributed by atoms with van der Waals surface area (Å²) in [4.78, 5) is 14.4. The van der Waals surface area contributed by atoms with E-state index < -0.39 is 15.1 Å². The highest BCUT2D eigenvalue weighted by Crippen LogP contribution is 2.31. The first-order valence-corrected chi connectivity index (χ1v) is 9.12. The first-order valence-electron chi connectivity index (χ1n) is 7.40. The van der Waals surface area contributed by atoms with Crippen molar-refractivity contribution in [1.29, 1.82) is 0 Å². The standard InChI is InChI=1S/C15H20N2O3S/c16-12-6-7-13-11(10-12)4-3-8-17(13)15(18)14-5-1-2-9-21(14,19)20/h6-7,10,14H,1-5,8-9,16H2. The molecule has 0 aliphatic carbocycles. The summed E-state index contributed by atoms with van der Waals surface area (Å²) in [6, 6.07) is 5.47. The number of nitrogens with zero attached hydrogens (tertiary/aromatic N) is 1. The Bertz CT molecular complexity index is 669. The van der Waals surface area contributed by atoms with Crippen LogP contribution in [0.2, 0.25) is 0 Å². The van der Waals surface area contributed by atoms with E-state index >= 15 is 0 Å². The van der Waals surface area contributed by atoms with Gasteiger partial charge in [-0.3, -0.25) is 4.79 Å². The van der Waals surface area contributed by atoms with Crippen LogP contribution in [0.15, 0.2) is 18.2 Å². The number of hydrogen-bond donors (Lipinski definition) is 1. The summed E-state index contributed by atoms with van der Waals surface area (Å²) in [5.41, 5.74) is 8.32. The van der Waals surface area contributed by atoms with Crippen molar-refractivity contribution in [3.05, 3.63) is 23.8 Å². The van der Waals surface area contributed by atoms with Crippen molar-refractivity contribution in [1.82, 2.24) is 0 Å². The maximum absolute atomic E-state index is 12.7. The Morgan fingerprint density at radius 1 is 1.24 bits per heavy atom. The minimum absolute atomic E-state index is 0.131. The van der Waals surface area contributed by atoms with E-state index in [-0.39, 0.29) is 11.7 Å². The van der Waals surface area contributed by atoms with Crippen LogP contribution in [0.3, 0.4) is 0 Å². The number of carbonyl (C=O) groups is 1. The van der Waals surface area contributed by atoms with Crippen LogP contribution in [0.5, 0.6) is 0 Å². The molecule has 5 nitrogen and oxygen atoms in total. The zero-order valence-electron chi connectivity index (χ0n) is 11.9. The molecule has 0 radical (unpaired) electrons. The van der Waals surface area contributed by atoms with Crippen molar-refractivity contribution in [2.75, 3.05) is 22.9 Å². The summed E-state index contributed by atoms with van der Waals surface area (Å²) >= 11 is 0. The third-order valence-corrected chi connectivity index (χ3v) is 6.50. The molecule has 1 amide bonds. The van der Waals surface area contributed by atoms with Crippen LogP contribution in [0.25, 0.3) is 0 Å². The monoisotopic (exact) mass is 308 g/mol. The fourth-order valence-corrected chi connectivity index (χ4v) is 5.10. The highest BCUT2D eigenvalue weighted by atomic mass is 32.2. The lowest BCUT2D eigenvalue weighted by molar-refractivity contribution is -0.118. The maximum atomic E-state index is 12.7. The normalized spacial score (nSPS) is 24.4. The highest BCUT2D eigenvalue weighted by Gasteiger charge is 2.38. The number of fused-ring (bicyclic) bond motifs is 1. The third-order valence-electron chi connectivity index (χ3n) is 4.34. The fraction of sp³-hybridized carbons (Fsp3) is 0.533. The van der Waals surface area contributed by atoms with E-state index in [1.165, 1.54) is 0 Å². The van der Waals surface area contributed by atoms with Crippen LogP contribution in [-0.4, -0.2) is 31.9 Å². The molecule has 1 aromatic rings. The molecule has 0 saturated carbocycles. The van der Waals surface area contributed by atoms with E-state index in [2.05, 4.69) is 0 Å². The number of sulfone groups is 1. The van der Waals surface area contributed by atoms with Crippen LogP contribution in [0.4, 0.5) is 11.4 Å². The molecule has 1 saturated heterocycles. The Labute approximate surface area is 125 Å². The lowest BCUT2D eigenvalue weighted by Gasteiger charge is -2.33. The van der Waals surface area contributed by atoms with Gasteiger partial charge in [-0.05, 0) is 49.4 Å². The molecule has 6 heteroatoms. The van der Waals surface area contributed by atoms with E-state index in [0.29, 0.717) is 25.1 Å². The molecule has 2 heterocycles. The molecule has 21 heavy (non-hydrogen) atoms. The molecule has 2 N–H and O–H groups in total. The van der Waals surface area contributed by atoms with Crippen LogP contribution < -0.4 is 10.6 Å². The van der Waals surface area contributed by atoms with Gasteiger partial charge in [-0.15, -0.1) is 0 Å². The number of amides is 1. The molecule has 0 aromatic heterocycles. The SMILES string of the molecule is Nc1ccc2c(c1)CCCN2C(=O)C1CCCCS1(=O)=O. The van der Waals surface area contributed by atoms with Gasteiger partial charge < -0.3 is 10.6 Å². The van der Waals surface area contributed by atoms with Gasteiger partial charge in [-0.1, -0.05) is 6.42 Å². The van der Waals surface area contributed by atoms with E-state index in [4.69, 9.17) is 5.73 Å². The summed E-state index contributed by atoms with van der Waals surface area (Å²) < 4.78 is 24.3. The Balaban J connectivity index is 1.93. The quantitative estimate of drug-likeness (QED) is 0.798. The molecule has 1 fully saturated rings. The summed E-state index contributed by atoms with van der Waals surface area (Å²) in [5, 5.41) is -0.866. The number of rotatable bonds is 1. The second-order valence-corrected chi connectivity index (χ2v) is 8.14. The molecule has 3 rings (SSSR count). The van der Waals surface area contributed by atoms with Gasteiger partial charge in [0.05, 0.1) is 5.75 Å². The van der Waals surface area contributed by atoms with Gasteiger partial charge in [0.2, 0.25) is 5.91 Å². The fourth-order valence-electron chi connectivity index (χ4n) is 3.25. The summed E-state index contributed by atoms with van der Waals surface area (Å²) in [6.45, 7) is 0.585. The molecule has 1 aromatic carbocycles. The zero-order chi connectivity index (χ0) is 15.0. The lowest BCUT2D eigenvalue weighted by atomic mass is 10.00. The van der Waals surface area contributed by atoms with Crippen molar-refractivity contribution in [3.8, 4) is 0 Å². The second kappa shape index (κ2) is 5.33.